The van der Waals surface area contributed by atoms with Gasteiger partial charge in [-0.25, -0.2) is 4.98 Å². The smallest absolute Gasteiger partial charge is 0.224 e. The number of pyridine rings is 1. The van der Waals surface area contributed by atoms with E-state index in [1.165, 1.54) is 0 Å². The maximum atomic E-state index is 12.0. The Labute approximate surface area is 155 Å². The van der Waals surface area contributed by atoms with E-state index < -0.39 is 0 Å². The normalized spacial score (nSPS) is 10.3. The third-order valence-electron chi connectivity index (χ3n) is 3.63. The van der Waals surface area contributed by atoms with Crippen molar-refractivity contribution in [3.8, 4) is 0 Å². The van der Waals surface area contributed by atoms with E-state index in [9.17, 15) is 4.79 Å². The molecule has 0 aliphatic rings. The highest BCUT2D eigenvalue weighted by Gasteiger charge is 2.04. The van der Waals surface area contributed by atoms with Crippen molar-refractivity contribution in [2.45, 2.75) is 12.8 Å². The minimum absolute atomic E-state index is 0.0154. The Hall–Kier alpha value is -2.66. The summed E-state index contributed by atoms with van der Waals surface area (Å²) in [5, 5.41) is 6.09. The molecule has 0 bridgehead atoms. The van der Waals surface area contributed by atoms with Gasteiger partial charge in [-0.15, -0.1) is 0 Å². The zero-order valence-electron chi connectivity index (χ0n) is 13.6. The van der Waals surface area contributed by atoms with Crippen molar-refractivity contribution >= 4 is 39.0 Å². The van der Waals surface area contributed by atoms with Crippen LogP contribution >= 0.6 is 15.9 Å². The second kappa shape index (κ2) is 8.44. The van der Waals surface area contributed by atoms with E-state index in [0.717, 1.165) is 28.0 Å². The standard InChI is InChI=1S/C20H18BrN3O/c21-16-7-4-8-17(13-16)23-19-11-10-18(14-22-19)24-20(25)12-9-15-5-2-1-3-6-15/h1-8,10-11,13-14H,9,12H2,(H,22,23)(H,24,25). The Balaban J connectivity index is 1.52. The van der Waals surface area contributed by atoms with Gasteiger partial charge in [-0.2, -0.15) is 0 Å². The quantitative estimate of drug-likeness (QED) is 0.605. The third kappa shape index (κ3) is 5.43. The van der Waals surface area contributed by atoms with E-state index in [-0.39, 0.29) is 5.91 Å². The van der Waals surface area contributed by atoms with Gasteiger partial charge in [-0.3, -0.25) is 4.79 Å². The van der Waals surface area contributed by atoms with Crippen LogP contribution in [-0.4, -0.2) is 10.9 Å². The SMILES string of the molecule is O=C(CCc1ccccc1)Nc1ccc(Nc2cccc(Br)c2)nc1. The summed E-state index contributed by atoms with van der Waals surface area (Å²) in [4.78, 5) is 16.4. The van der Waals surface area contributed by atoms with Gasteiger partial charge in [0.15, 0.2) is 0 Å². The number of anilines is 3. The summed E-state index contributed by atoms with van der Waals surface area (Å²) >= 11 is 3.44. The first-order chi connectivity index (χ1) is 12.2. The van der Waals surface area contributed by atoms with Crippen LogP contribution in [0, 0.1) is 0 Å². The first kappa shape index (κ1) is 17.2. The molecule has 4 nitrogen and oxygen atoms in total. The fraction of sp³-hybridized carbons (Fsp3) is 0.100. The van der Waals surface area contributed by atoms with Crippen LogP contribution in [0.15, 0.2) is 77.4 Å². The van der Waals surface area contributed by atoms with Crippen molar-refractivity contribution in [2.75, 3.05) is 10.6 Å². The van der Waals surface area contributed by atoms with Crippen LogP contribution in [0.1, 0.15) is 12.0 Å². The number of rotatable bonds is 6. The van der Waals surface area contributed by atoms with Crippen molar-refractivity contribution < 1.29 is 4.79 Å². The van der Waals surface area contributed by atoms with Gasteiger partial charge in [0.2, 0.25) is 5.91 Å². The molecule has 0 radical (unpaired) electrons. The summed E-state index contributed by atoms with van der Waals surface area (Å²) < 4.78 is 1.000. The second-order valence-corrected chi connectivity index (χ2v) is 6.52. The Kier molecular flexibility index (Phi) is 5.80. The molecule has 0 unspecified atom stereocenters. The number of nitrogens with zero attached hydrogens (tertiary/aromatic N) is 1. The zero-order valence-corrected chi connectivity index (χ0v) is 15.2. The monoisotopic (exact) mass is 395 g/mol. The zero-order chi connectivity index (χ0) is 17.5. The van der Waals surface area contributed by atoms with Gasteiger partial charge in [-0.05, 0) is 42.3 Å². The molecule has 126 valence electrons. The number of amides is 1. The van der Waals surface area contributed by atoms with Gasteiger partial charge < -0.3 is 10.6 Å². The lowest BCUT2D eigenvalue weighted by atomic mass is 10.1. The number of benzene rings is 2. The number of carbonyl (C=O) groups is 1. The molecule has 1 aromatic heterocycles. The predicted molar refractivity (Wildman–Crippen MR) is 105 cm³/mol. The Bertz CT molecular complexity index is 835. The van der Waals surface area contributed by atoms with Crippen LogP contribution < -0.4 is 10.6 Å². The summed E-state index contributed by atoms with van der Waals surface area (Å²) in [5.41, 5.74) is 2.80. The molecule has 3 rings (SSSR count). The minimum atomic E-state index is -0.0154. The van der Waals surface area contributed by atoms with Crippen molar-refractivity contribution in [2.24, 2.45) is 0 Å². The van der Waals surface area contributed by atoms with E-state index >= 15 is 0 Å². The first-order valence-electron chi connectivity index (χ1n) is 8.01. The maximum Gasteiger partial charge on any atom is 0.224 e. The highest BCUT2D eigenvalue weighted by Crippen LogP contribution is 2.20. The van der Waals surface area contributed by atoms with E-state index in [1.54, 1.807) is 6.20 Å². The van der Waals surface area contributed by atoms with Gasteiger partial charge in [-0.1, -0.05) is 52.3 Å². The topological polar surface area (TPSA) is 54.0 Å². The van der Waals surface area contributed by atoms with Crippen LogP contribution in [0.25, 0.3) is 0 Å². The molecule has 25 heavy (non-hydrogen) atoms. The molecule has 1 heterocycles. The van der Waals surface area contributed by atoms with Crippen LogP contribution in [0.3, 0.4) is 0 Å². The van der Waals surface area contributed by atoms with Crippen molar-refractivity contribution in [1.29, 1.82) is 0 Å². The molecule has 3 aromatic rings. The van der Waals surface area contributed by atoms with Gasteiger partial charge in [0.05, 0.1) is 11.9 Å². The fourth-order valence-electron chi connectivity index (χ4n) is 2.38. The molecule has 0 fully saturated rings. The predicted octanol–water partition coefficient (Wildman–Crippen LogP) is 5.16. The number of hydrogen-bond donors (Lipinski definition) is 2. The third-order valence-corrected chi connectivity index (χ3v) is 4.12. The lowest BCUT2D eigenvalue weighted by Crippen LogP contribution is -2.12. The highest BCUT2D eigenvalue weighted by atomic mass is 79.9. The maximum absolute atomic E-state index is 12.0. The van der Waals surface area contributed by atoms with Crippen LogP contribution in [-0.2, 0) is 11.2 Å². The van der Waals surface area contributed by atoms with E-state index in [1.807, 2.05) is 66.7 Å². The van der Waals surface area contributed by atoms with E-state index in [4.69, 9.17) is 0 Å². The lowest BCUT2D eigenvalue weighted by molar-refractivity contribution is -0.116. The number of aromatic nitrogens is 1. The molecular weight excluding hydrogens is 378 g/mol. The van der Waals surface area contributed by atoms with Gasteiger partial charge in [0.1, 0.15) is 5.82 Å². The summed E-state index contributed by atoms with van der Waals surface area (Å²) in [5.74, 6) is 0.707. The molecule has 2 aromatic carbocycles. The van der Waals surface area contributed by atoms with Crippen LogP contribution in [0.4, 0.5) is 17.2 Å². The van der Waals surface area contributed by atoms with Crippen LogP contribution in [0.2, 0.25) is 0 Å². The molecule has 0 saturated heterocycles. The van der Waals surface area contributed by atoms with Gasteiger partial charge in [0.25, 0.3) is 0 Å². The molecule has 0 aliphatic carbocycles. The second-order valence-electron chi connectivity index (χ2n) is 5.60. The van der Waals surface area contributed by atoms with Crippen molar-refractivity contribution in [1.82, 2.24) is 4.98 Å². The Morgan fingerprint density at radius 3 is 2.52 bits per heavy atom. The number of carbonyl (C=O) groups excluding carboxylic acids is 1. The van der Waals surface area contributed by atoms with Gasteiger partial charge in [0, 0.05) is 16.6 Å². The summed E-state index contributed by atoms with van der Waals surface area (Å²) in [6.07, 6.45) is 2.82. The molecule has 0 atom stereocenters. The summed E-state index contributed by atoms with van der Waals surface area (Å²) in [6.45, 7) is 0. The van der Waals surface area contributed by atoms with Gasteiger partial charge >= 0.3 is 0 Å². The van der Waals surface area contributed by atoms with Crippen molar-refractivity contribution in [3.05, 3.63) is 83.0 Å². The van der Waals surface area contributed by atoms with Crippen LogP contribution in [0.5, 0.6) is 0 Å². The molecular formula is C20H18BrN3O. The summed E-state index contributed by atoms with van der Waals surface area (Å²) in [7, 11) is 0. The minimum Gasteiger partial charge on any atom is -0.340 e. The Morgan fingerprint density at radius 2 is 1.80 bits per heavy atom. The lowest BCUT2D eigenvalue weighted by Gasteiger charge is -2.08. The molecule has 5 heteroatoms. The fourth-order valence-corrected chi connectivity index (χ4v) is 2.78. The average molecular weight is 396 g/mol. The number of aryl methyl sites for hydroxylation is 1. The largest absolute Gasteiger partial charge is 0.340 e. The first-order valence-corrected chi connectivity index (χ1v) is 8.81. The van der Waals surface area contributed by atoms with Crippen molar-refractivity contribution in [3.63, 3.8) is 0 Å². The molecule has 0 spiro atoms. The summed E-state index contributed by atoms with van der Waals surface area (Å²) in [6, 6.07) is 21.5. The average Bonchev–Trinajstić information content (AvgIpc) is 2.63. The molecule has 0 aliphatic heterocycles. The highest BCUT2D eigenvalue weighted by molar-refractivity contribution is 9.10. The number of nitrogens with one attached hydrogen (secondary N) is 2. The van der Waals surface area contributed by atoms with E-state index in [0.29, 0.717) is 12.1 Å². The molecule has 1 amide bonds. The number of hydrogen-bond acceptors (Lipinski definition) is 3. The van der Waals surface area contributed by atoms with E-state index in [2.05, 4.69) is 31.5 Å². The molecule has 0 saturated carbocycles. The number of halogens is 1. The molecule has 2 N–H and O–H groups in total. The Morgan fingerprint density at radius 1 is 0.960 bits per heavy atom.